The third-order valence-corrected chi connectivity index (χ3v) is 10.00. The van der Waals surface area contributed by atoms with Crippen molar-refractivity contribution in [2.24, 2.45) is 0 Å². The van der Waals surface area contributed by atoms with E-state index in [0.29, 0.717) is 34.3 Å². The number of aryl methyl sites for hydroxylation is 2. The maximum Gasteiger partial charge on any atom is 0.336 e. The van der Waals surface area contributed by atoms with E-state index in [2.05, 4.69) is 0 Å². The summed E-state index contributed by atoms with van der Waals surface area (Å²) in [5.41, 5.74) is 11.6. The second-order valence-corrected chi connectivity index (χ2v) is 14.1. The van der Waals surface area contributed by atoms with E-state index in [0.717, 1.165) is 61.4 Å². The summed E-state index contributed by atoms with van der Waals surface area (Å²) in [6.07, 6.45) is 12.1. The number of aromatic carboxylic acids is 2. The summed E-state index contributed by atoms with van der Waals surface area (Å²) in [5, 5.41) is 19.5. The molecule has 0 radical (unpaired) electrons. The average Bonchev–Trinajstić information content (AvgIpc) is 3.15. The van der Waals surface area contributed by atoms with Gasteiger partial charge in [0.1, 0.15) is 30.0 Å². The highest BCUT2D eigenvalue weighted by atomic mass is 16.5. The second kappa shape index (κ2) is 15.5. The molecule has 4 aromatic carbocycles. The molecule has 282 valence electrons. The zero-order chi connectivity index (χ0) is 39.1. The van der Waals surface area contributed by atoms with Crippen molar-refractivity contribution in [2.75, 3.05) is 0 Å². The van der Waals surface area contributed by atoms with Crippen LogP contribution in [0.3, 0.4) is 0 Å². The molecular formula is C48H42O8. The van der Waals surface area contributed by atoms with Gasteiger partial charge in [-0.25, -0.2) is 9.59 Å². The van der Waals surface area contributed by atoms with Crippen molar-refractivity contribution in [1.82, 2.24) is 0 Å². The molecule has 4 aliphatic rings. The molecule has 8 heteroatoms. The van der Waals surface area contributed by atoms with Crippen LogP contribution in [-0.2, 0) is 0 Å². The topological polar surface area (TPSA) is 127 Å². The molecule has 0 fully saturated rings. The zero-order valence-electron chi connectivity index (χ0n) is 31.0. The lowest BCUT2D eigenvalue weighted by Crippen LogP contribution is -2.25. The number of aldehydes is 1. The largest absolute Gasteiger partial charge is 0.481 e. The van der Waals surface area contributed by atoms with Crippen LogP contribution < -0.4 is 9.47 Å². The van der Waals surface area contributed by atoms with E-state index in [1.54, 1.807) is 24.3 Å². The SMILES string of the molecule is C.CC(=O)c1ccc(C(=O)O)c(C2=C3C=CC(C)=CC3Oc3cc(C)ccc32)c1.CC1=CC2Oc3cc(C)ccc3C(c3ccc(C=O)cc3C(=O)O)=C2C=C1. The standard InChI is InChI=1S/C24H20O4.C23H18O4.CH4/c1-13-4-7-18-21(10-13)28-22-11-14(2)5-8-19(22)23(18)20-12-16(15(3)25)6-9-17(20)24(26)27;1-13-3-6-17-20(9-13)27-21-10-14(2)4-7-18(21)22(17)16-8-5-15(12-24)11-19(16)23(25)26;/h4-12,21H,1-3H3,(H,26,27);3-12,20H,1-2H3,(H,25,26);1H4. The van der Waals surface area contributed by atoms with E-state index in [1.807, 2.05) is 101 Å². The number of carboxylic acids is 2. The summed E-state index contributed by atoms with van der Waals surface area (Å²) in [6, 6.07) is 21.3. The molecule has 0 saturated carbocycles. The fourth-order valence-corrected chi connectivity index (χ4v) is 7.29. The van der Waals surface area contributed by atoms with Crippen molar-refractivity contribution >= 4 is 35.2 Å². The number of hydrogen-bond donors (Lipinski definition) is 2. The monoisotopic (exact) mass is 746 g/mol. The Kier molecular flexibility index (Phi) is 10.8. The third kappa shape index (κ3) is 7.33. The van der Waals surface area contributed by atoms with E-state index >= 15 is 0 Å². The molecule has 2 heterocycles. The van der Waals surface area contributed by atoms with Crippen molar-refractivity contribution in [3.8, 4) is 11.5 Å². The number of allylic oxidation sites excluding steroid dienone is 4. The lowest BCUT2D eigenvalue weighted by atomic mass is 9.82. The molecule has 56 heavy (non-hydrogen) atoms. The Labute approximate surface area is 326 Å². The Balaban J connectivity index is 0.000000187. The van der Waals surface area contributed by atoms with Crippen LogP contribution in [0.25, 0.3) is 11.1 Å². The van der Waals surface area contributed by atoms with Crippen LogP contribution in [0.1, 0.15) is 103 Å². The minimum Gasteiger partial charge on any atom is -0.481 e. The highest BCUT2D eigenvalue weighted by molar-refractivity contribution is 6.03. The smallest absolute Gasteiger partial charge is 0.336 e. The Morgan fingerprint density at radius 2 is 1.09 bits per heavy atom. The van der Waals surface area contributed by atoms with Crippen molar-refractivity contribution < 1.29 is 38.9 Å². The van der Waals surface area contributed by atoms with Crippen molar-refractivity contribution in [3.05, 3.63) is 187 Å². The van der Waals surface area contributed by atoms with Crippen molar-refractivity contribution in [3.63, 3.8) is 0 Å². The lowest BCUT2D eigenvalue weighted by Gasteiger charge is -2.31. The third-order valence-electron chi connectivity index (χ3n) is 10.00. The molecule has 2 aliphatic heterocycles. The Bertz CT molecular complexity index is 2540. The van der Waals surface area contributed by atoms with Crippen LogP contribution in [0.5, 0.6) is 11.5 Å². The maximum atomic E-state index is 12.0. The Hall–Kier alpha value is -6.80. The van der Waals surface area contributed by atoms with Gasteiger partial charge in [-0.1, -0.05) is 85.3 Å². The van der Waals surface area contributed by atoms with Gasteiger partial charge >= 0.3 is 11.9 Å². The summed E-state index contributed by atoms with van der Waals surface area (Å²) in [5.74, 6) is -0.751. The van der Waals surface area contributed by atoms with Gasteiger partial charge in [0.2, 0.25) is 0 Å². The number of Topliss-reactive ketones (excluding diaryl/α,β-unsaturated/α-hetero) is 1. The molecule has 2 N–H and O–H groups in total. The maximum absolute atomic E-state index is 12.0. The van der Waals surface area contributed by atoms with Gasteiger partial charge in [-0.2, -0.15) is 0 Å². The highest BCUT2D eigenvalue weighted by Crippen LogP contribution is 2.45. The molecule has 2 aliphatic carbocycles. The number of fused-ring (bicyclic) bond motifs is 4. The lowest BCUT2D eigenvalue weighted by molar-refractivity contribution is 0.0685. The van der Waals surface area contributed by atoms with E-state index in [1.165, 1.54) is 19.1 Å². The van der Waals surface area contributed by atoms with Gasteiger partial charge in [-0.3, -0.25) is 9.59 Å². The molecule has 2 unspecified atom stereocenters. The summed E-state index contributed by atoms with van der Waals surface area (Å²) in [4.78, 5) is 47.0. The number of hydrogen-bond acceptors (Lipinski definition) is 6. The summed E-state index contributed by atoms with van der Waals surface area (Å²) < 4.78 is 12.4. The van der Waals surface area contributed by atoms with Crippen molar-refractivity contribution in [1.29, 1.82) is 0 Å². The van der Waals surface area contributed by atoms with Crippen molar-refractivity contribution in [2.45, 2.75) is 54.3 Å². The minimum atomic E-state index is -1.06. The predicted octanol–water partition coefficient (Wildman–Crippen LogP) is 10.2. The number of ether oxygens (including phenoxy) is 2. The van der Waals surface area contributed by atoms with E-state index in [4.69, 9.17) is 9.47 Å². The number of carboxylic acid groups (broad SMARTS) is 2. The summed E-state index contributed by atoms with van der Waals surface area (Å²) in [7, 11) is 0. The quantitative estimate of drug-likeness (QED) is 0.147. The molecule has 0 amide bonds. The van der Waals surface area contributed by atoms with Gasteiger partial charge < -0.3 is 19.7 Å². The first-order chi connectivity index (χ1) is 26.3. The van der Waals surface area contributed by atoms with E-state index < -0.39 is 11.9 Å². The number of rotatable bonds is 6. The Morgan fingerprint density at radius 1 is 0.589 bits per heavy atom. The van der Waals surface area contributed by atoms with Gasteiger partial charge in [0.05, 0.1) is 11.1 Å². The predicted molar refractivity (Wildman–Crippen MR) is 218 cm³/mol. The van der Waals surface area contributed by atoms with Gasteiger partial charge in [0.25, 0.3) is 0 Å². The van der Waals surface area contributed by atoms with Crippen LogP contribution in [0, 0.1) is 13.8 Å². The van der Waals surface area contributed by atoms with Gasteiger partial charge in [0.15, 0.2) is 5.78 Å². The summed E-state index contributed by atoms with van der Waals surface area (Å²) >= 11 is 0. The number of carbonyl (C=O) groups excluding carboxylic acids is 2. The fourth-order valence-electron chi connectivity index (χ4n) is 7.29. The normalized spacial score (nSPS) is 17.2. The highest BCUT2D eigenvalue weighted by Gasteiger charge is 2.32. The second-order valence-electron chi connectivity index (χ2n) is 14.1. The average molecular weight is 747 g/mol. The minimum absolute atomic E-state index is 0. The molecule has 0 saturated heterocycles. The number of carbonyl (C=O) groups is 4. The van der Waals surface area contributed by atoms with Crippen LogP contribution in [0.15, 0.2) is 132 Å². The first-order valence-corrected chi connectivity index (χ1v) is 17.8. The first-order valence-electron chi connectivity index (χ1n) is 17.8. The zero-order valence-corrected chi connectivity index (χ0v) is 31.0. The van der Waals surface area contributed by atoms with E-state index in [-0.39, 0.29) is 36.5 Å². The molecular weight excluding hydrogens is 705 g/mol. The fraction of sp³-hybridized carbons (Fsp3) is 0.167. The molecule has 4 aromatic rings. The van der Waals surface area contributed by atoms with Crippen LogP contribution in [-0.4, -0.2) is 46.4 Å². The molecule has 0 spiro atoms. The molecule has 0 bridgehead atoms. The molecule has 8 nitrogen and oxygen atoms in total. The summed E-state index contributed by atoms with van der Waals surface area (Å²) in [6.45, 7) is 9.47. The Morgan fingerprint density at radius 3 is 1.57 bits per heavy atom. The van der Waals surface area contributed by atoms with Gasteiger partial charge in [-0.05, 0) is 99.4 Å². The van der Waals surface area contributed by atoms with Crippen LogP contribution in [0.2, 0.25) is 0 Å². The molecule has 0 aromatic heterocycles. The van der Waals surface area contributed by atoms with Crippen LogP contribution in [0.4, 0.5) is 0 Å². The molecule has 8 rings (SSSR count). The van der Waals surface area contributed by atoms with Gasteiger partial charge in [0, 0.05) is 44.5 Å². The van der Waals surface area contributed by atoms with E-state index in [9.17, 15) is 29.4 Å². The van der Waals surface area contributed by atoms with Gasteiger partial charge in [-0.15, -0.1) is 0 Å². The van der Waals surface area contributed by atoms with Crippen LogP contribution >= 0.6 is 0 Å². The number of benzene rings is 4. The first kappa shape index (κ1) is 38.9. The number of ketones is 1. The molecule has 2 atom stereocenters.